The van der Waals surface area contributed by atoms with Crippen LogP contribution in [0.2, 0.25) is 5.02 Å². The van der Waals surface area contributed by atoms with Crippen molar-refractivity contribution >= 4 is 23.7 Å². The molecule has 1 saturated heterocycles. The number of hydrogen-bond donors (Lipinski definition) is 0. The molecule has 1 saturated carbocycles. The standard InChI is InChI=1S/C31H38ClN5O.C3H2FO.Li/c1-3-36(18-5-4-17-33)29-25-13-16-31(15-12-24-26(31)10-7-11-27(24)32)21(2)28(25)34-30(35-29)38-20-23-14-19-37(23)22-8-6-9-22;1-3(4)2-5;/h5,7,10-11,21-23H,1,3-4,6,8-9,12-16,18-20H2,2H3;1H2;/q-2;-1;+1/t21-,23-,31-;;/m0../s1. The fraction of sp³-hybridized carbons (Fsp3) is 0.529. The number of fused-ring (bicyclic) bond motifs is 3. The number of ether oxygens (including phenoxy) is 1. The largest absolute Gasteiger partial charge is 1.00 e. The predicted molar refractivity (Wildman–Crippen MR) is 167 cm³/mol. The minimum Gasteiger partial charge on any atom is -0.462 e. The van der Waals surface area contributed by atoms with Crippen LogP contribution in [0.5, 0.6) is 6.01 Å². The summed E-state index contributed by atoms with van der Waals surface area (Å²) in [5, 5.41) is 9.96. The number of halogens is 2. The molecule has 2 fully saturated rings. The van der Waals surface area contributed by atoms with Crippen LogP contribution in [-0.4, -0.2) is 59.5 Å². The number of anilines is 1. The molecule has 10 heteroatoms. The molecule has 4 aliphatic rings. The van der Waals surface area contributed by atoms with Gasteiger partial charge in [0.25, 0.3) is 0 Å². The van der Waals surface area contributed by atoms with Crippen molar-refractivity contribution in [2.45, 2.75) is 88.1 Å². The molecular formula is C34H40ClFLiN5O2-2. The number of nitriles is 1. The van der Waals surface area contributed by atoms with Gasteiger partial charge in [0.1, 0.15) is 12.4 Å². The molecule has 7 nitrogen and oxygen atoms in total. The summed E-state index contributed by atoms with van der Waals surface area (Å²) in [6.07, 6.45) is 12.6. The average molecular weight is 612 g/mol. The Hall–Kier alpha value is -2.42. The maximum Gasteiger partial charge on any atom is 1.00 e. The van der Waals surface area contributed by atoms with E-state index in [-0.39, 0.29) is 30.2 Å². The molecule has 44 heavy (non-hydrogen) atoms. The number of benzene rings is 1. The van der Waals surface area contributed by atoms with Gasteiger partial charge >= 0.3 is 24.9 Å². The van der Waals surface area contributed by atoms with Crippen molar-refractivity contribution in [3.63, 3.8) is 0 Å². The van der Waals surface area contributed by atoms with E-state index in [1.54, 1.807) is 0 Å². The molecule has 3 aliphatic carbocycles. The molecule has 1 aromatic carbocycles. The monoisotopic (exact) mass is 611 g/mol. The molecule has 0 unspecified atom stereocenters. The van der Waals surface area contributed by atoms with Crippen LogP contribution in [-0.2, 0) is 23.1 Å². The Kier molecular flexibility index (Phi) is 11.9. The van der Waals surface area contributed by atoms with Crippen LogP contribution in [0.4, 0.5) is 10.2 Å². The molecule has 2 heterocycles. The first kappa shape index (κ1) is 34.5. The second-order valence-corrected chi connectivity index (χ2v) is 12.4. The number of carbonyl (C=O) groups excluding carboxylic acids is 1. The van der Waals surface area contributed by atoms with Gasteiger partial charge in [0.2, 0.25) is 0 Å². The number of hydrogen-bond acceptors (Lipinski definition) is 7. The van der Waals surface area contributed by atoms with Crippen molar-refractivity contribution in [3.05, 3.63) is 71.4 Å². The quantitative estimate of drug-likeness (QED) is 0.176. The van der Waals surface area contributed by atoms with Gasteiger partial charge in [-0.1, -0.05) is 43.5 Å². The number of allylic oxidation sites excluding steroid dienone is 1. The Bertz CT molecular complexity index is 1380. The first-order chi connectivity index (χ1) is 20.8. The van der Waals surface area contributed by atoms with E-state index < -0.39 is 5.83 Å². The van der Waals surface area contributed by atoms with Gasteiger partial charge in [0.15, 0.2) is 0 Å². The van der Waals surface area contributed by atoms with Crippen LogP contribution in [0.1, 0.15) is 80.2 Å². The first-order valence-corrected chi connectivity index (χ1v) is 15.7. The minimum absolute atomic E-state index is 0. The van der Waals surface area contributed by atoms with Crippen LogP contribution in [0, 0.1) is 24.7 Å². The fourth-order valence-electron chi connectivity index (χ4n) is 7.27. The van der Waals surface area contributed by atoms with Gasteiger partial charge in [-0.05, 0) is 68.0 Å². The first-order valence-electron chi connectivity index (χ1n) is 15.4. The Morgan fingerprint density at radius 3 is 2.64 bits per heavy atom. The summed E-state index contributed by atoms with van der Waals surface area (Å²) in [4.78, 5) is 23.8. The topological polar surface area (TPSA) is 82.3 Å². The predicted octanol–water partition coefficient (Wildman–Crippen LogP) is 3.41. The molecule has 1 spiro atoms. The van der Waals surface area contributed by atoms with Gasteiger partial charge in [-0.3, -0.25) is 11.3 Å². The van der Waals surface area contributed by atoms with Gasteiger partial charge in [0.05, 0.1) is 5.69 Å². The Balaban J connectivity index is 0.000000683. The maximum atomic E-state index is 10.8. The van der Waals surface area contributed by atoms with E-state index in [0.717, 1.165) is 54.5 Å². The molecule has 2 aromatic rings. The molecule has 0 radical (unpaired) electrons. The van der Waals surface area contributed by atoms with E-state index >= 15 is 0 Å². The normalized spacial score (nSPS) is 23.4. The summed E-state index contributed by atoms with van der Waals surface area (Å²) in [5.41, 5.74) is 5.05. The summed E-state index contributed by atoms with van der Waals surface area (Å²) in [7, 11) is 0. The van der Waals surface area contributed by atoms with Crippen molar-refractivity contribution in [1.29, 1.82) is 5.26 Å². The Morgan fingerprint density at radius 2 is 2.05 bits per heavy atom. The average Bonchev–Trinajstić information content (AvgIpc) is 3.35. The fourth-order valence-corrected chi connectivity index (χ4v) is 7.54. The van der Waals surface area contributed by atoms with Crippen molar-refractivity contribution in [2.75, 3.05) is 31.1 Å². The summed E-state index contributed by atoms with van der Waals surface area (Å²) < 4.78 is 17.2. The molecule has 3 atom stereocenters. The maximum absolute atomic E-state index is 10.8. The molecule has 0 N–H and O–H groups in total. The molecular weight excluding hydrogens is 572 g/mol. The van der Waals surface area contributed by atoms with Gasteiger partial charge < -0.3 is 21.4 Å². The van der Waals surface area contributed by atoms with Crippen LogP contribution < -0.4 is 28.5 Å². The van der Waals surface area contributed by atoms with E-state index in [9.17, 15) is 4.39 Å². The number of likely N-dealkylation sites (tertiary alicyclic amines) is 1. The van der Waals surface area contributed by atoms with Crippen LogP contribution in [0.15, 0.2) is 30.6 Å². The zero-order valence-corrected chi connectivity index (χ0v) is 26.7. The van der Waals surface area contributed by atoms with E-state index in [1.165, 1.54) is 48.9 Å². The smallest absolute Gasteiger partial charge is 0.462 e. The second kappa shape index (κ2) is 15.2. The van der Waals surface area contributed by atoms with E-state index in [0.29, 0.717) is 38.2 Å². The zero-order chi connectivity index (χ0) is 30.6. The number of rotatable bonds is 10. The van der Waals surface area contributed by atoms with Crippen molar-refractivity contribution in [1.82, 2.24) is 14.9 Å². The third-order valence-electron chi connectivity index (χ3n) is 9.94. The van der Waals surface area contributed by atoms with Crippen LogP contribution in [0.3, 0.4) is 0 Å². The van der Waals surface area contributed by atoms with Crippen molar-refractivity contribution in [3.8, 4) is 12.1 Å². The van der Waals surface area contributed by atoms with Gasteiger partial charge in [0, 0.05) is 52.9 Å². The van der Waals surface area contributed by atoms with Gasteiger partial charge in [-0.15, -0.1) is 13.1 Å². The zero-order valence-electron chi connectivity index (χ0n) is 26.0. The SMILES string of the molecule is C=C(F)[C-]=O.[CH2-]CN(C[CH-]CC#N)c1nc(OC[C@@H]2CCN2C2CCC2)nc2c1CC[C@@]1(CCc3c(Cl)cccc31)[C@H]2C.[Li+]. The molecule has 1 aromatic heterocycles. The van der Waals surface area contributed by atoms with Crippen molar-refractivity contribution in [2.24, 2.45) is 0 Å². The minimum atomic E-state index is -1.05. The number of nitrogens with zero attached hydrogens (tertiary/aromatic N) is 5. The van der Waals surface area contributed by atoms with Crippen molar-refractivity contribution < 1.29 is 32.8 Å². The molecule has 0 amide bonds. The second-order valence-electron chi connectivity index (χ2n) is 12.0. The molecule has 0 bridgehead atoms. The Labute approximate surface area is 278 Å². The summed E-state index contributed by atoms with van der Waals surface area (Å²) >= 11 is 6.64. The van der Waals surface area contributed by atoms with E-state index in [1.807, 2.05) is 12.5 Å². The number of aromatic nitrogens is 2. The van der Waals surface area contributed by atoms with E-state index in [4.69, 9.17) is 36.4 Å². The molecule has 1 aliphatic heterocycles. The molecule has 230 valence electrons. The van der Waals surface area contributed by atoms with Crippen LogP contribution >= 0.6 is 11.6 Å². The summed E-state index contributed by atoms with van der Waals surface area (Å²) in [6, 6.07) is 10.3. The van der Waals surface area contributed by atoms with Crippen LogP contribution in [0.25, 0.3) is 0 Å². The van der Waals surface area contributed by atoms with Gasteiger partial charge in [-0.2, -0.15) is 9.97 Å². The Morgan fingerprint density at radius 1 is 1.32 bits per heavy atom. The summed E-state index contributed by atoms with van der Waals surface area (Å²) in [5.74, 6) is 0.0923. The number of unbranched alkanes of at least 4 members (excludes halogenated alkanes) is 1. The third-order valence-corrected chi connectivity index (χ3v) is 10.3. The summed E-state index contributed by atoms with van der Waals surface area (Å²) in [6.45, 7) is 12.1. The third kappa shape index (κ3) is 6.87. The molecule has 6 rings (SSSR count). The van der Waals surface area contributed by atoms with E-state index in [2.05, 4.69) is 48.4 Å². The van der Waals surface area contributed by atoms with Gasteiger partial charge in [-0.25, -0.2) is 16.2 Å².